The first-order valence-corrected chi connectivity index (χ1v) is 3.60. The summed E-state index contributed by atoms with van der Waals surface area (Å²) in [7, 11) is 1.85. The molecule has 0 spiro atoms. The Morgan fingerprint density at radius 3 is 3.00 bits per heavy atom. The van der Waals surface area contributed by atoms with Crippen LogP contribution in [-0.2, 0) is 7.05 Å². The normalized spacial score (nSPS) is 13.0. The van der Waals surface area contributed by atoms with Crippen molar-refractivity contribution in [2.24, 2.45) is 7.05 Å². The average Bonchev–Trinajstić information content (AvgIpc) is 2.31. The zero-order valence-corrected chi connectivity index (χ0v) is 6.78. The lowest BCUT2D eigenvalue weighted by atomic mass is 10.4. The maximum Gasteiger partial charge on any atom is 0.148 e. The third-order valence-electron chi connectivity index (χ3n) is 1.29. The highest BCUT2D eigenvalue weighted by molar-refractivity contribution is 5.31. The summed E-state index contributed by atoms with van der Waals surface area (Å²) in [6, 6.07) is 1.86. The molecule has 0 fully saturated rings. The molecule has 0 bridgehead atoms. The topological polar surface area (TPSA) is 50.1 Å². The van der Waals surface area contributed by atoms with E-state index in [1.807, 2.05) is 19.3 Å². The van der Waals surface area contributed by atoms with Gasteiger partial charge >= 0.3 is 0 Å². The Bertz CT molecular complexity index is 219. The molecule has 0 aliphatic heterocycles. The molecule has 2 N–H and O–H groups in total. The first kappa shape index (κ1) is 8.07. The van der Waals surface area contributed by atoms with Crippen LogP contribution < -0.4 is 5.32 Å². The summed E-state index contributed by atoms with van der Waals surface area (Å²) in [6.45, 7) is 2.27. The molecule has 4 heteroatoms. The van der Waals surface area contributed by atoms with Crippen molar-refractivity contribution >= 4 is 5.82 Å². The van der Waals surface area contributed by atoms with Gasteiger partial charge in [0, 0.05) is 25.9 Å². The number of anilines is 1. The van der Waals surface area contributed by atoms with Crippen LogP contribution in [0.5, 0.6) is 0 Å². The van der Waals surface area contributed by atoms with Gasteiger partial charge in [0.15, 0.2) is 0 Å². The molecule has 0 radical (unpaired) electrons. The summed E-state index contributed by atoms with van der Waals surface area (Å²) in [6.07, 6.45) is 1.52. The van der Waals surface area contributed by atoms with E-state index in [0.717, 1.165) is 5.82 Å². The first-order chi connectivity index (χ1) is 5.18. The molecule has 1 aromatic heterocycles. The number of nitrogens with one attached hydrogen (secondary N) is 1. The lowest BCUT2D eigenvalue weighted by molar-refractivity contribution is 0.208. The summed E-state index contributed by atoms with van der Waals surface area (Å²) in [5.41, 5.74) is 0. The Hall–Kier alpha value is -1.03. The second-order valence-electron chi connectivity index (χ2n) is 2.60. The second-order valence-corrected chi connectivity index (χ2v) is 2.60. The van der Waals surface area contributed by atoms with Crippen LogP contribution in [0.2, 0.25) is 0 Å². The molecule has 0 aliphatic rings. The zero-order valence-electron chi connectivity index (χ0n) is 6.78. The molecule has 0 amide bonds. The third-order valence-corrected chi connectivity index (χ3v) is 1.29. The fourth-order valence-electron chi connectivity index (χ4n) is 0.762. The van der Waals surface area contributed by atoms with Crippen molar-refractivity contribution in [2.45, 2.75) is 13.0 Å². The Morgan fingerprint density at radius 2 is 2.55 bits per heavy atom. The van der Waals surface area contributed by atoms with E-state index in [0.29, 0.717) is 6.54 Å². The van der Waals surface area contributed by atoms with Gasteiger partial charge in [-0.25, -0.2) is 0 Å². The lowest BCUT2D eigenvalue weighted by Crippen LogP contribution is -2.15. The Morgan fingerprint density at radius 1 is 1.82 bits per heavy atom. The standard InChI is InChI=1S/C7H13N3O/c1-6(11)5-8-7-3-4-10(2)9-7/h3-4,6,11H,5H2,1-2H3,(H,8,9)/t6-/m0/s1. The van der Waals surface area contributed by atoms with Crippen molar-refractivity contribution in [3.05, 3.63) is 12.3 Å². The molecule has 4 nitrogen and oxygen atoms in total. The predicted octanol–water partition coefficient (Wildman–Crippen LogP) is 0.213. The molecule has 0 unspecified atom stereocenters. The molecular weight excluding hydrogens is 142 g/mol. The summed E-state index contributed by atoms with van der Waals surface area (Å²) in [5, 5.41) is 16.0. The Labute approximate surface area is 65.8 Å². The van der Waals surface area contributed by atoms with Gasteiger partial charge in [0.1, 0.15) is 5.82 Å². The maximum atomic E-state index is 8.92. The van der Waals surface area contributed by atoms with Crippen molar-refractivity contribution in [1.82, 2.24) is 9.78 Å². The number of hydrogen-bond acceptors (Lipinski definition) is 3. The van der Waals surface area contributed by atoms with Gasteiger partial charge in [0.05, 0.1) is 6.10 Å². The molecule has 1 rings (SSSR count). The SMILES string of the molecule is C[C@H](O)CNc1ccn(C)n1. The van der Waals surface area contributed by atoms with Crippen LogP contribution in [0.1, 0.15) is 6.92 Å². The molecule has 1 atom stereocenters. The summed E-state index contributed by atoms with van der Waals surface area (Å²) in [4.78, 5) is 0. The van der Waals surface area contributed by atoms with Crippen LogP contribution in [0.4, 0.5) is 5.82 Å². The Kier molecular flexibility index (Phi) is 2.48. The molecular formula is C7H13N3O. The fraction of sp³-hybridized carbons (Fsp3) is 0.571. The zero-order chi connectivity index (χ0) is 8.27. The minimum absolute atomic E-state index is 0.336. The van der Waals surface area contributed by atoms with Gasteiger partial charge in [-0.2, -0.15) is 5.10 Å². The highest BCUT2D eigenvalue weighted by atomic mass is 16.3. The van der Waals surface area contributed by atoms with Crippen molar-refractivity contribution in [1.29, 1.82) is 0 Å². The number of nitrogens with zero attached hydrogens (tertiary/aromatic N) is 2. The van der Waals surface area contributed by atoms with Crippen LogP contribution in [0.15, 0.2) is 12.3 Å². The summed E-state index contributed by atoms with van der Waals surface area (Å²) < 4.78 is 1.71. The van der Waals surface area contributed by atoms with E-state index in [9.17, 15) is 0 Å². The summed E-state index contributed by atoms with van der Waals surface area (Å²) >= 11 is 0. The fourth-order valence-corrected chi connectivity index (χ4v) is 0.762. The quantitative estimate of drug-likeness (QED) is 0.656. The van der Waals surface area contributed by atoms with E-state index in [1.54, 1.807) is 11.6 Å². The minimum atomic E-state index is -0.336. The van der Waals surface area contributed by atoms with E-state index < -0.39 is 0 Å². The van der Waals surface area contributed by atoms with E-state index in [1.165, 1.54) is 0 Å². The molecule has 1 aromatic rings. The smallest absolute Gasteiger partial charge is 0.148 e. The average molecular weight is 155 g/mol. The second kappa shape index (κ2) is 3.39. The molecule has 1 heterocycles. The van der Waals surface area contributed by atoms with Crippen LogP contribution in [0.25, 0.3) is 0 Å². The van der Waals surface area contributed by atoms with Crippen molar-refractivity contribution in [3.8, 4) is 0 Å². The van der Waals surface area contributed by atoms with E-state index in [-0.39, 0.29) is 6.10 Å². The van der Waals surface area contributed by atoms with Crippen LogP contribution in [-0.4, -0.2) is 27.5 Å². The van der Waals surface area contributed by atoms with E-state index in [2.05, 4.69) is 10.4 Å². The van der Waals surface area contributed by atoms with Crippen molar-refractivity contribution in [3.63, 3.8) is 0 Å². The number of rotatable bonds is 3. The predicted molar refractivity (Wildman–Crippen MR) is 43.4 cm³/mol. The largest absolute Gasteiger partial charge is 0.392 e. The number of aliphatic hydroxyl groups is 1. The summed E-state index contributed by atoms with van der Waals surface area (Å²) in [5.74, 6) is 0.799. The number of aliphatic hydroxyl groups excluding tert-OH is 1. The van der Waals surface area contributed by atoms with Gasteiger partial charge in [-0.15, -0.1) is 0 Å². The number of aryl methyl sites for hydroxylation is 1. The van der Waals surface area contributed by atoms with E-state index >= 15 is 0 Å². The van der Waals surface area contributed by atoms with Gasteiger partial charge in [0.2, 0.25) is 0 Å². The van der Waals surface area contributed by atoms with Crippen molar-refractivity contribution < 1.29 is 5.11 Å². The van der Waals surface area contributed by atoms with Crippen molar-refractivity contribution in [2.75, 3.05) is 11.9 Å². The van der Waals surface area contributed by atoms with Gasteiger partial charge in [-0.05, 0) is 6.92 Å². The highest BCUT2D eigenvalue weighted by Crippen LogP contribution is 1.99. The van der Waals surface area contributed by atoms with E-state index in [4.69, 9.17) is 5.11 Å². The molecule has 0 aliphatic carbocycles. The van der Waals surface area contributed by atoms with Gasteiger partial charge in [0.25, 0.3) is 0 Å². The molecule has 0 saturated carbocycles. The molecule has 0 saturated heterocycles. The first-order valence-electron chi connectivity index (χ1n) is 3.60. The monoisotopic (exact) mass is 155 g/mol. The third kappa shape index (κ3) is 2.59. The maximum absolute atomic E-state index is 8.92. The molecule has 62 valence electrons. The van der Waals surface area contributed by atoms with Crippen LogP contribution in [0.3, 0.4) is 0 Å². The number of hydrogen-bond donors (Lipinski definition) is 2. The molecule has 0 aromatic carbocycles. The Balaban J connectivity index is 2.39. The van der Waals surface area contributed by atoms with Crippen LogP contribution in [0, 0.1) is 0 Å². The minimum Gasteiger partial charge on any atom is -0.392 e. The van der Waals surface area contributed by atoms with Crippen LogP contribution >= 0.6 is 0 Å². The van der Waals surface area contributed by atoms with Gasteiger partial charge < -0.3 is 10.4 Å². The number of aromatic nitrogens is 2. The molecule has 11 heavy (non-hydrogen) atoms. The van der Waals surface area contributed by atoms with Gasteiger partial charge in [-0.3, -0.25) is 4.68 Å². The van der Waals surface area contributed by atoms with Gasteiger partial charge in [-0.1, -0.05) is 0 Å². The lowest BCUT2D eigenvalue weighted by Gasteiger charge is -2.03. The highest BCUT2D eigenvalue weighted by Gasteiger charge is 1.97.